The summed E-state index contributed by atoms with van der Waals surface area (Å²) in [5, 5.41) is 4.94. The van der Waals surface area contributed by atoms with Gasteiger partial charge in [-0.1, -0.05) is 5.16 Å². The molecule has 0 radical (unpaired) electrons. The Labute approximate surface area is 180 Å². The van der Waals surface area contributed by atoms with Crippen molar-refractivity contribution in [3.8, 4) is 0 Å². The Hall–Kier alpha value is -1.81. The Balaban J connectivity index is 1.24. The van der Waals surface area contributed by atoms with E-state index in [0.717, 1.165) is 59.7 Å². The van der Waals surface area contributed by atoms with Gasteiger partial charge in [0, 0.05) is 34.3 Å². The fraction of sp³-hybridized carbons (Fsp3) is 0.476. The van der Waals surface area contributed by atoms with Crippen LogP contribution in [0.15, 0.2) is 33.7 Å². The Bertz CT molecular complexity index is 1140. The fourth-order valence-electron chi connectivity index (χ4n) is 4.08. The molecule has 1 aliphatic rings. The number of likely N-dealkylation sites (tertiary alicyclic amines) is 1. The normalized spacial score (nSPS) is 17.9. The van der Waals surface area contributed by atoms with Gasteiger partial charge >= 0.3 is 0 Å². The van der Waals surface area contributed by atoms with E-state index >= 15 is 0 Å². The third kappa shape index (κ3) is 4.74. The van der Waals surface area contributed by atoms with Gasteiger partial charge in [-0.05, 0) is 70.3 Å². The molecular formula is C21H26FN3O3S2. The molecule has 0 bridgehead atoms. The lowest BCUT2D eigenvalue weighted by Gasteiger charge is -2.16. The molecule has 3 heterocycles. The van der Waals surface area contributed by atoms with Crippen molar-refractivity contribution in [1.29, 1.82) is 0 Å². The lowest BCUT2D eigenvalue weighted by molar-refractivity contribution is 0.318. The maximum atomic E-state index is 13.3. The highest BCUT2D eigenvalue weighted by atomic mass is 32.2. The Kier molecular flexibility index (Phi) is 6.24. The number of hydrogen-bond acceptors (Lipinski definition) is 6. The number of fused-ring (bicyclic) bond motifs is 1. The molecule has 6 nitrogen and oxygen atoms in total. The molecule has 0 amide bonds. The first kappa shape index (κ1) is 21.4. The first-order chi connectivity index (χ1) is 14.3. The van der Waals surface area contributed by atoms with Crippen molar-refractivity contribution < 1.29 is 17.3 Å². The predicted octanol–water partition coefficient (Wildman–Crippen LogP) is 3.88. The number of halogens is 1. The van der Waals surface area contributed by atoms with E-state index in [1.54, 1.807) is 12.1 Å². The maximum absolute atomic E-state index is 13.3. The third-order valence-corrected chi connectivity index (χ3v) is 8.26. The van der Waals surface area contributed by atoms with Crippen LogP contribution in [0.3, 0.4) is 0 Å². The van der Waals surface area contributed by atoms with Crippen molar-refractivity contribution in [3.05, 3.63) is 45.5 Å². The highest BCUT2D eigenvalue weighted by Crippen LogP contribution is 2.25. The number of benzene rings is 1. The average molecular weight is 452 g/mol. The second-order valence-corrected chi connectivity index (χ2v) is 11.2. The first-order valence-electron chi connectivity index (χ1n) is 10.1. The molecule has 1 aromatic carbocycles. The third-order valence-electron chi connectivity index (χ3n) is 5.61. The standard InChI is InChI=1S/C21H26FN3O3S2/c1-14-10-21(15(2)29-14)30(26,27)23-12-16-7-9-25(13-16)8-3-4-19-18-6-5-17(22)11-20(18)28-24-19/h5-6,10-11,16,23H,3-4,7-9,12-13H2,1-2H3. The molecule has 0 aliphatic carbocycles. The zero-order chi connectivity index (χ0) is 21.3. The van der Waals surface area contributed by atoms with Crippen molar-refractivity contribution in [2.45, 2.75) is 38.0 Å². The summed E-state index contributed by atoms with van der Waals surface area (Å²) in [5.41, 5.74) is 1.34. The summed E-state index contributed by atoms with van der Waals surface area (Å²) in [5.74, 6) is -0.0103. The van der Waals surface area contributed by atoms with Crippen LogP contribution in [0.25, 0.3) is 11.0 Å². The van der Waals surface area contributed by atoms with Crippen LogP contribution in [0.1, 0.15) is 28.3 Å². The number of hydrogen-bond donors (Lipinski definition) is 1. The van der Waals surface area contributed by atoms with Gasteiger partial charge in [0.1, 0.15) is 5.82 Å². The predicted molar refractivity (Wildman–Crippen MR) is 116 cm³/mol. The summed E-state index contributed by atoms with van der Waals surface area (Å²) in [6, 6.07) is 6.24. The Morgan fingerprint density at radius 3 is 2.93 bits per heavy atom. The van der Waals surface area contributed by atoms with Crippen LogP contribution in [0, 0.1) is 25.6 Å². The number of sulfonamides is 1. The summed E-state index contributed by atoms with van der Waals surface area (Å²) in [6.45, 7) is 7.00. The molecule has 1 aliphatic heterocycles. The molecule has 9 heteroatoms. The lowest BCUT2D eigenvalue weighted by atomic mass is 10.1. The molecule has 1 saturated heterocycles. The van der Waals surface area contributed by atoms with Crippen LogP contribution in [0.5, 0.6) is 0 Å². The minimum absolute atomic E-state index is 0.315. The first-order valence-corrected chi connectivity index (χ1v) is 12.4. The van der Waals surface area contributed by atoms with Crippen LogP contribution in [-0.2, 0) is 16.4 Å². The van der Waals surface area contributed by atoms with Crippen LogP contribution >= 0.6 is 11.3 Å². The van der Waals surface area contributed by atoms with Gasteiger partial charge in [-0.15, -0.1) is 11.3 Å². The number of rotatable bonds is 8. The molecule has 3 aromatic rings. The van der Waals surface area contributed by atoms with Crippen molar-refractivity contribution in [3.63, 3.8) is 0 Å². The molecule has 1 unspecified atom stereocenters. The largest absolute Gasteiger partial charge is 0.356 e. The maximum Gasteiger partial charge on any atom is 0.241 e. The molecule has 30 heavy (non-hydrogen) atoms. The van der Waals surface area contributed by atoms with Crippen molar-refractivity contribution >= 4 is 32.3 Å². The van der Waals surface area contributed by atoms with Gasteiger partial charge in [0.15, 0.2) is 5.58 Å². The monoisotopic (exact) mass is 451 g/mol. The highest BCUT2D eigenvalue weighted by molar-refractivity contribution is 7.89. The van der Waals surface area contributed by atoms with Gasteiger partial charge in [-0.3, -0.25) is 0 Å². The molecule has 1 fully saturated rings. The number of aromatic nitrogens is 1. The van der Waals surface area contributed by atoms with E-state index in [0.29, 0.717) is 22.9 Å². The molecule has 1 N–H and O–H groups in total. The second kappa shape index (κ2) is 8.74. The molecule has 162 valence electrons. The highest BCUT2D eigenvalue weighted by Gasteiger charge is 2.25. The number of nitrogens with one attached hydrogen (secondary N) is 1. The van der Waals surface area contributed by atoms with Gasteiger partial charge in [0.25, 0.3) is 0 Å². The summed E-state index contributed by atoms with van der Waals surface area (Å²) < 4.78 is 46.4. The molecule has 0 saturated carbocycles. The van der Waals surface area contributed by atoms with Crippen molar-refractivity contribution in [1.82, 2.24) is 14.8 Å². The van der Waals surface area contributed by atoms with Crippen LogP contribution in [0.2, 0.25) is 0 Å². The van der Waals surface area contributed by atoms with E-state index in [2.05, 4.69) is 14.8 Å². The molecular weight excluding hydrogens is 425 g/mol. The average Bonchev–Trinajstić information content (AvgIpc) is 3.39. The zero-order valence-electron chi connectivity index (χ0n) is 17.2. The van der Waals surface area contributed by atoms with E-state index in [9.17, 15) is 12.8 Å². The minimum Gasteiger partial charge on any atom is -0.356 e. The molecule has 0 spiro atoms. The van der Waals surface area contributed by atoms with Crippen molar-refractivity contribution in [2.75, 3.05) is 26.2 Å². The summed E-state index contributed by atoms with van der Waals surface area (Å²) in [4.78, 5) is 4.60. The summed E-state index contributed by atoms with van der Waals surface area (Å²) >= 11 is 1.51. The van der Waals surface area contributed by atoms with E-state index in [1.807, 2.05) is 13.8 Å². The number of aryl methyl sites for hydroxylation is 3. The van der Waals surface area contributed by atoms with E-state index in [1.165, 1.54) is 23.5 Å². The smallest absolute Gasteiger partial charge is 0.241 e. The van der Waals surface area contributed by atoms with E-state index < -0.39 is 10.0 Å². The molecule has 2 aromatic heterocycles. The zero-order valence-corrected chi connectivity index (χ0v) is 18.8. The van der Waals surface area contributed by atoms with E-state index in [4.69, 9.17) is 4.52 Å². The van der Waals surface area contributed by atoms with Crippen molar-refractivity contribution in [2.24, 2.45) is 5.92 Å². The van der Waals surface area contributed by atoms with E-state index in [-0.39, 0.29) is 5.82 Å². The lowest BCUT2D eigenvalue weighted by Crippen LogP contribution is -2.31. The van der Waals surface area contributed by atoms with Crippen LogP contribution < -0.4 is 4.72 Å². The number of nitrogens with zero attached hydrogens (tertiary/aromatic N) is 2. The minimum atomic E-state index is -3.45. The topological polar surface area (TPSA) is 75.4 Å². The number of thiophene rings is 1. The molecule has 1 atom stereocenters. The second-order valence-electron chi connectivity index (χ2n) is 7.96. The van der Waals surface area contributed by atoms with Gasteiger partial charge < -0.3 is 9.42 Å². The quantitative estimate of drug-likeness (QED) is 0.563. The summed E-state index contributed by atoms with van der Waals surface area (Å²) in [7, 11) is -3.45. The van der Waals surface area contributed by atoms with Gasteiger partial charge in [-0.25, -0.2) is 17.5 Å². The van der Waals surface area contributed by atoms with Gasteiger partial charge in [0.05, 0.1) is 10.6 Å². The fourth-order valence-corrected chi connectivity index (χ4v) is 6.75. The van der Waals surface area contributed by atoms with Crippen LogP contribution in [-0.4, -0.2) is 44.7 Å². The Morgan fingerprint density at radius 1 is 1.33 bits per heavy atom. The van der Waals surface area contributed by atoms with Gasteiger partial charge in [-0.2, -0.15) is 0 Å². The van der Waals surface area contributed by atoms with Crippen LogP contribution in [0.4, 0.5) is 4.39 Å². The Morgan fingerprint density at radius 2 is 2.17 bits per heavy atom. The summed E-state index contributed by atoms with van der Waals surface area (Å²) in [6.07, 6.45) is 2.67. The molecule has 4 rings (SSSR count). The SMILES string of the molecule is Cc1cc(S(=O)(=O)NCC2CCN(CCCc3noc4cc(F)ccc34)C2)c(C)s1. The van der Waals surface area contributed by atoms with Gasteiger partial charge in [0.2, 0.25) is 10.0 Å².